The molecule has 2 aromatic rings. The lowest BCUT2D eigenvalue weighted by Gasteiger charge is -2.41. The molecule has 2 aliphatic heterocycles. The summed E-state index contributed by atoms with van der Waals surface area (Å²) >= 11 is 0. The number of amides is 2. The summed E-state index contributed by atoms with van der Waals surface area (Å²) in [4.78, 5) is 34.4. The molecular weight excluding hydrogens is 500 g/mol. The topological polar surface area (TPSA) is 99.1 Å². The van der Waals surface area contributed by atoms with Crippen molar-refractivity contribution in [2.45, 2.75) is 56.2 Å². The summed E-state index contributed by atoms with van der Waals surface area (Å²) in [6, 6.07) is 13.6. The van der Waals surface area contributed by atoms with E-state index in [0.717, 1.165) is 79.7 Å². The predicted octanol–water partition coefficient (Wildman–Crippen LogP) is 3.56. The van der Waals surface area contributed by atoms with Crippen molar-refractivity contribution in [2.24, 2.45) is 16.8 Å². The van der Waals surface area contributed by atoms with E-state index in [1.165, 1.54) is 0 Å². The molecule has 8 nitrogen and oxygen atoms in total. The lowest BCUT2D eigenvalue weighted by Crippen LogP contribution is -2.55. The summed E-state index contributed by atoms with van der Waals surface area (Å²) in [6.45, 7) is 4.06. The lowest BCUT2D eigenvalue weighted by atomic mass is 9.96. The van der Waals surface area contributed by atoms with Crippen LogP contribution in [0.3, 0.4) is 0 Å². The number of likely N-dealkylation sites (tertiary alicyclic amines) is 1. The highest BCUT2D eigenvalue weighted by Crippen LogP contribution is 2.46. The van der Waals surface area contributed by atoms with Gasteiger partial charge >= 0.3 is 0 Å². The van der Waals surface area contributed by atoms with Gasteiger partial charge in [-0.2, -0.15) is 0 Å². The Balaban J connectivity index is 1.10. The summed E-state index contributed by atoms with van der Waals surface area (Å²) in [5.41, 5.74) is 3.84. The molecule has 9 heteroatoms. The van der Waals surface area contributed by atoms with Gasteiger partial charge in [0.05, 0.1) is 5.25 Å². The maximum absolute atomic E-state index is 13.4. The maximum Gasteiger partial charge on any atom is 0.256 e. The van der Waals surface area contributed by atoms with E-state index in [0.29, 0.717) is 12.2 Å². The fraction of sp³-hybridized carbons (Fsp3) is 0.483. The molecule has 0 atom stereocenters. The quantitative estimate of drug-likeness (QED) is 0.562. The van der Waals surface area contributed by atoms with Crippen molar-refractivity contribution in [3.8, 4) is 11.1 Å². The van der Waals surface area contributed by atoms with Crippen LogP contribution in [0.1, 0.15) is 49.7 Å². The molecule has 4 fully saturated rings. The van der Waals surface area contributed by atoms with E-state index in [-0.39, 0.29) is 28.9 Å². The molecule has 0 radical (unpaired) electrons. The molecule has 2 heterocycles. The molecule has 1 N–H and O–H groups in total. The van der Waals surface area contributed by atoms with Crippen molar-refractivity contribution in [2.75, 3.05) is 24.4 Å². The maximum atomic E-state index is 13.4. The lowest BCUT2D eigenvalue weighted by molar-refractivity contribution is -0.139. The Kier molecular flexibility index (Phi) is 5.28. The van der Waals surface area contributed by atoms with Crippen molar-refractivity contribution in [1.29, 1.82) is 0 Å². The molecule has 0 aromatic heterocycles. The summed E-state index contributed by atoms with van der Waals surface area (Å²) in [6.07, 6.45) is 5.06. The van der Waals surface area contributed by atoms with Gasteiger partial charge in [-0.3, -0.25) is 24.2 Å². The number of hydrogen-bond acceptors (Lipinski definition) is 5. The average Bonchev–Trinajstić information content (AvgIpc) is 3.73. The zero-order valence-corrected chi connectivity index (χ0v) is 22.3. The standard InChI is InChI=1S/C29H32N4O4S/c1-18-13-22(21-3-2-4-23(14-21)31-38(36,37)24-8-9-24)7-10-25(18)26-30-29(11-12-29)28(35)33(26)17-19-15-32(16-19)27(34)20-5-6-20/h2-4,7,10,13-14,19-20,24,31H,5-6,8-9,11-12,15-17H2,1H3. The highest BCUT2D eigenvalue weighted by molar-refractivity contribution is 7.93. The third-order valence-electron chi connectivity index (χ3n) is 8.47. The number of benzene rings is 2. The summed E-state index contributed by atoms with van der Waals surface area (Å²) in [5, 5.41) is -0.276. The minimum absolute atomic E-state index is 0.0959. The van der Waals surface area contributed by atoms with Gasteiger partial charge in [-0.05, 0) is 74.3 Å². The minimum Gasteiger partial charge on any atom is -0.342 e. The van der Waals surface area contributed by atoms with Gasteiger partial charge in [0.1, 0.15) is 11.4 Å². The van der Waals surface area contributed by atoms with Crippen LogP contribution in [-0.2, 0) is 19.6 Å². The first-order valence-electron chi connectivity index (χ1n) is 13.7. The van der Waals surface area contributed by atoms with E-state index in [1.807, 2.05) is 47.1 Å². The number of aryl methyl sites for hydroxylation is 1. The molecule has 7 rings (SSSR count). The zero-order valence-electron chi connectivity index (χ0n) is 21.5. The van der Waals surface area contributed by atoms with Crippen LogP contribution in [0.2, 0.25) is 0 Å². The Hall–Kier alpha value is -3.20. The molecule has 38 heavy (non-hydrogen) atoms. The summed E-state index contributed by atoms with van der Waals surface area (Å²) in [5.74, 6) is 1.63. The van der Waals surface area contributed by atoms with Gasteiger partial charge in [0, 0.05) is 42.7 Å². The number of amidine groups is 1. The Morgan fingerprint density at radius 1 is 1.05 bits per heavy atom. The third-order valence-corrected chi connectivity index (χ3v) is 10.3. The van der Waals surface area contributed by atoms with Crippen LogP contribution in [0.4, 0.5) is 5.69 Å². The Labute approximate surface area is 223 Å². The van der Waals surface area contributed by atoms with Crippen molar-refractivity contribution < 1.29 is 18.0 Å². The first-order chi connectivity index (χ1) is 18.2. The predicted molar refractivity (Wildman–Crippen MR) is 145 cm³/mol. The Morgan fingerprint density at radius 2 is 1.79 bits per heavy atom. The number of nitrogens with zero attached hydrogens (tertiary/aromatic N) is 3. The molecule has 3 aliphatic carbocycles. The minimum atomic E-state index is -3.32. The van der Waals surface area contributed by atoms with Crippen LogP contribution in [-0.4, -0.2) is 66.3 Å². The Bertz CT molecular complexity index is 1480. The van der Waals surface area contributed by atoms with Crippen LogP contribution in [0.15, 0.2) is 47.5 Å². The third kappa shape index (κ3) is 4.21. The molecule has 5 aliphatic rings. The van der Waals surface area contributed by atoms with Crippen LogP contribution in [0.5, 0.6) is 0 Å². The van der Waals surface area contributed by atoms with Crippen LogP contribution < -0.4 is 4.72 Å². The highest BCUT2D eigenvalue weighted by Gasteiger charge is 2.58. The van der Waals surface area contributed by atoms with E-state index in [2.05, 4.69) is 10.8 Å². The number of sulfonamides is 1. The molecule has 2 amide bonds. The van der Waals surface area contributed by atoms with E-state index >= 15 is 0 Å². The average molecular weight is 533 g/mol. The summed E-state index contributed by atoms with van der Waals surface area (Å²) in [7, 11) is -3.32. The Morgan fingerprint density at radius 3 is 2.45 bits per heavy atom. The number of hydrogen-bond donors (Lipinski definition) is 1. The van der Waals surface area contributed by atoms with Crippen LogP contribution in [0.25, 0.3) is 11.1 Å². The first-order valence-corrected chi connectivity index (χ1v) is 15.2. The molecular formula is C29H32N4O4S. The molecule has 198 valence electrons. The van der Waals surface area contributed by atoms with Gasteiger partial charge in [-0.1, -0.05) is 30.3 Å². The summed E-state index contributed by atoms with van der Waals surface area (Å²) < 4.78 is 27.5. The van der Waals surface area contributed by atoms with Crippen molar-refractivity contribution in [3.05, 3.63) is 53.6 Å². The van der Waals surface area contributed by atoms with Gasteiger partial charge in [0.25, 0.3) is 5.91 Å². The number of aliphatic imine (C=N–C) groups is 1. The number of carbonyl (C=O) groups excluding carboxylic acids is 2. The molecule has 1 saturated heterocycles. The van der Waals surface area contributed by atoms with Gasteiger partial charge in [0.2, 0.25) is 15.9 Å². The van der Waals surface area contributed by atoms with Crippen LogP contribution >= 0.6 is 0 Å². The zero-order chi connectivity index (χ0) is 26.2. The molecule has 0 bridgehead atoms. The largest absolute Gasteiger partial charge is 0.342 e. The van der Waals surface area contributed by atoms with Gasteiger partial charge in [-0.25, -0.2) is 8.42 Å². The molecule has 0 unspecified atom stereocenters. The number of rotatable bonds is 8. The van der Waals surface area contributed by atoms with Crippen molar-refractivity contribution in [3.63, 3.8) is 0 Å². The van der Waals surface area contributed by atoms with Crippen LogP contribution in [0, 0.1) is 18.8 Å². The second-order valence-electron chi connectivity index (χ2n) is 11.7. The van der Waals surface area contributed by atoms with E-state index in [1.54, 1.807) is 6.07 Å². The van der Waals surface area contributed by atoms with Crippen molar-refractivity contribution in [1.82, 2.24) is 9.80 Å². The smallest absolute Gasteiger partial charge is 0.256 e. The monoisotopic (exact) mass is 532 g/mol. The second kappa shape index (κ2) is 8.40. The molecule has 1 spiro atoms. The molecule has 3 saturated carbocycles. The van der Waals surface area contributed by atoms with Gasteiger partial charge in [0.15, 0.2) is 0 Å². The molecule has 2 aromatic carbocycles. The van der Waals surface area contributed by atoms with E-state index in [9.17, 15) is 18.0 Å². The van der Waals surface area contributed by atoms with Gasteiger partial charge in [-0.15, -0.1) is 0 Å². The van der Waals surface area contributed by atoms with Gasteiger partial charge < -0.3 is 4.90 Å². The van der Waals surface area contributed by atoms with E-state index in [4.69, 9.17) is 4.99 Å². The normalized spacial score (nSPS) is 22.4. The second-order valence-corrected chi connectivity index (χ2v) is 13.7. The fourth-order valence-corrected chi connectivity index (χ4v) is 7.05. The number of carbonyl (C=O) groups is 2. The van der Waals surface area contributed by atoms with E-state index < -0.39 is 15.6 Å². The number of anilines is 1. The fourth-order valence-electron chi connectivity index (χ4n) is 5.67. The highest BCUT2D eigenvalue weighted by atomic mass is 32.2. The number of nitrogens with one attached hydrogen (secondary N) is 1. The first kappa shape index (κ1) is 23.9. The SMILES string of the molecule is Cc1cc(-c2cccc(NS(=O)(=O)C3CC3)c2)ccc1C1=NC2(CC2)C(=O)N1CC1CN(C(=O)C2CC2)C1. The van der Waals surface area contributed by atoms with Crippen molar-refractivity contribution >= 4 is 33.4 Å².